The molecule has 0 aliphatic heterocycles. The summed E-state index contributed by atoms with van der Waals surface area (Å²) < 4.78 is 1.33. The lowest BCUT2D eigenvalue weighted by Crippen LogP contribution is -2.17. The summed E-state index contributed by atoms with van der Waals surface area (Å²) in [5.41, 5.74) is 4.83. The summed E-state index contributed by atoms with van der Waals surface area (Å²) in [5, 5.41) is 10.2. The lowest BCUT2D eigenvalue weighted by Gasteiger charge is -2.11. The number of para-hydroxylation sites is 1. The number of nitrogens with one attached hydrogen (secondary N) is 3. The number of hydrogen-bond acceptors (Lipinski definition) is 5. The largest absolute Gasteiger partial charge is 0.379 e. The Morgan fingerprint density at radius 2 is 1.72 bits per heavy atom. The van der Waals surface area contributed by atoms with Gasteiger partial charge < -0.3 is 10.6 Å². The van der Waals surface area contributed by atoms with Gasteiger partial charge in [-0.1, -0.05) is 41.9 Å². The minimum absolute atomic E-state index is 0.208. The van der Waals surface area contributed by atoms with E-state index in [-0.39, 0.29) is 5.56 Å². The topological polar surface area (TPSA) is 87.1 Å². The summed E-state index contributed by atoms with van der Waals surface area (Å²) in [6.45, 7) is 5.09. The average molecular weight is 409 g/mol. The van der Waals surface area contributed by atoms with Gasteiger partial charge in [-0.2, -0.15) is 9.50 Å². The van der Waals surface area contributed by atoms with Crippen molar-refractivity contribution < 1.29 is 0 Å². The first-order valence-electron chi connectivity index (χ1n) is 9.27. The molecule has 0 fully saturated rings. The van der Waals surface area contributed by atoms with Crippen molar-refractivity contribution in [1.82, 2.24) is 19.6 Å². The van der Waals surface area contributed by atoms with Gasteiger partial charge in [0.25, 0.3) is 11.3 Å². The minimum Gasteiger partial charge on any atom is -0.379 e. The van der Waals surface area contributed by atoms with Gasteiger partial charge in [0.1, 0.15) is 0 Å². The highest BCUT2D eigenvalue weighted by Gasteiger charge is 2.09. The number of aromatic nitrogens is 4. The number of rotatable bonds is 6. The van der Waals surface area contributed by atoms with E-state index in [2.05, 4.69) is 25.7 Å². The van der Waals surface area contributed by atoms with E-state index >= 15 is 0 Å². The number of nitrogens with zero attached hydrogens (tertiary/aromatic N) is 3. The molecule has 8 heteroatoms. The van der Waals surface area contributed by atoms with Gasteiger partial charge in [0, 0.05) is 23.3 Å². The number of aryl methyl sites for hydroxylation is 2. The van der Waals surface area contributed by atoms with Gasteiger partial charge in [-0.3, -0.25) is 9.89 Å². The van der Waals surface area contributed by atoms with Crippen molar-refractivity contribution >= 4 is 29.0 Å². The Morgan fingerprint density at radius 1 is 1.00 bits per heavy atom. The smallest absolute Gasteiger partial charge is 0.274 e. The second-order valence-corrected chi connectivity index (χ2v) is 7.33. The van der Waals surface area contributed by atoms with Crippen LogP contribution in [0.2, 0.25) is 5.02 Å². The molecule has 3 N–H and O–H groups in total. The van der Waals surface area contributed by atoms with Gasteiger partial charge in [-0.05, 0) is 42.7 Å². The van der Waals surface area contributed by atoms with Crippen LogP contribution in [-0.2, 0) is 13.1 Å². The zero-order valence-corrected chi connectivity index (χ0v) is 16.9. The van der Waals surface area contributed by atoms with Crippen molar-refractivity contribution in [2.75, 3.05) is 10.6 Å². The maximum absolute atomic E-state index is 12.5. The van der Waals surface area contributed by atoms with E-state index in [0.29, 0.717) is 35.5 Å². The Kier molecular flexibility index (Phi) is 5.22. The highest BCUT2D eigenvalue weighted by Crippen LogP contribution is 2.20. The Morgan fingerprint density at radius 3 is 2.45 bits per heavy atom. The molecule has 0 spiro atoms. The Balaban J connectivity index is 1.51. The summed E-state index contributed by atoms with van der Waals surface area (Å²) in [4.78, 5) is 21.3. The van der Waals surface area contributed by atoms with Gasteiger partial charge in [0.15, 0.2) is 0 Å². The van der Waals surface area contributed by atoms with Gasteiger partial charge >= 0.3 is 0 Å². The molecule has 0 bridgehead atoms. The van der Waals surface area contributed by atoms with Crippen molar-refractivity contribution in [2.45, 2.75) is 26.9 Å². The van der Waals surface area contributed by atoms with Crippen molar-refractivity contribution in [3.8, 4) is 0 Å². The maximum atomic E-state index is 12.5. The molecule has 0 saturated heterocycles. The SMILES string of the molecule is Cc1cccc(C)c1NCc1cc(=O)n2[nH]c(NCc3ccc(Cl)cc3)nc2n1. The van der Waals surface area contributed by atoms with E-state index < -0.39 is 0 Å². The van der Waals surface area contributed by atoms with Gasteiger partial charge in [0.2, 0.25) is 5.95 Å². The molecule has 7 nitrogen and oxygen atoms in total. The fourth-order valence-electron chi connectivity index (χ4n) is 3.16. The fraction of sp³-hybridized carbons (Fsp3) is 0.190. The number of halogens is 1. The van der Waals surface area contributed by atoms with Crippen molar-refractivity contribution in [3.63, 3.8) is 0 Å². The van der Waals surface area contributed by atoms with E-state index in [9.17, 15) is 4.79 Å². The average Bonchev–Trinajstić information content (AvgIpc) is 3.11. The number of H-pyrrole nitrogens is 1. The van der Waals surface area contributed by atoms with Crippen LogP contribution in [0.15, 0.2) is 53.3 Å². The quantitative estimate of drug-likeness (QED) is 0.450. The number of anilines is 2. The minimum atomic E-state index is -0.208. The molecular weight excluding hydrogens is 388 g/mol. The number of fused-ring (bicyclic) bond motifs is 1. The molecule has 4 aromatic rings. The van der Waals surface area contributed by atoms with Crippen LogP contribution < -0.4 is 16.2 Å². The number of benzene rings is 2. The Labute approximate surface area is 172 Å². The standard InChI is InChI=1S/C21H21ClN6O/c1-13-4-3-5-14(2)19(13)23-12-17-10-18(29)28-21(25-17)26-20(27-28)24-11-15-6-8-16(22)9-7-15/h3-10,23H,11-12H2,1-2H3,(H2,24,25,26,27). The number of aromatic amines is 1. The van der Waals surface area contributed by atoms with Crippen molar-refractivity contribution in [2.24, 2.45) is 0 Å². The van der Waals surface area contributed by atoms with Crippen LogP contribution in [0.25, 0.3) is 5.78 Å². The molecular formula is C21H21ClN6O. The number of hydrogen-bond donors (Lipinski definition) is 3. The van der Waals surface area contributed by atoms with Crippen LogP contribution in [-0.4, -0.2) is 19.6 Å². The zero-order valence-electron chi connectivity index (χ0n) is 16.2. The first-order valence-corrected chi connectivity index (χ1v) is 9.64. The second kappa shape index (κ2) is 7.97. The van der Waals surface area contributed by atoms with E-state index in [4.69, 9.17) is 11.6 Å². The highest BCUT2D eigenvalue weighted by atomic mass is 35.5. The summed E-state index contributed by atoms with van der Waals surface area (Å²) in [7, 11) is 0. The molecule has 0 aliphatic carbocycles. The third kappa shape index (κ3) is 4.25. The molecule has 148 valence electrons. The summed E-state index contributed by atoms with van der Waals surface area (Å²) >= 11 is 5.91. The van der Waals surface area contributed by atoms with Gasteiger partial charge in [-0.25, -0.2) is 4.98 Å². The molecule has 0 saturated carbocycles. The van der Waals surface area contributed by atoms with Gasteiger partial charge in [0.05, 0.1) is 12.2 Å². The monoisotopic (exact) mass is 408 g/mol. The normalized spacial score (nSPS) is 11.0. The third-order valence-corrected chi connectivity index (χ3v) is 4.94. The molecule has 0 aliphatic rings. The highest BCUT2D eigenvalue weighted by molar-refractivity contribution is 6.30. The molecule has 4 rings (SSSR count). The van der Waals surface area contributed by atoms with E-state index in [1.54, 1.807) is 0 Å². The molecule has 0 atom stereocenters. The van der Waals surface area contributed by atoms with Crippen LogP contribution in [0.3, 0.4) is 0 Å². The lowest BCUT2D eigenvalue weighted by molar-refractivity contribution is 0.874. The fourth-order valence-corrected chi connectivity index (χ4v) is 3.28. The molecule has 29 heavy (non-hydrogen) atoms. The van der Waals surface area contributed by atoms with E-state index in [0.717, 1.165) is 22.4 Å². The Bertz CT molecular complexity index is 1190. The third-order valence-electron chi connectivity index (χ3n) is 4.68. The molecule has 2 aromatic carbocycles. The van der Waals surface area contributed by atoms with Crippen LogP contribution in [0.4, 0.5) is 11.6 Å². The molecule has 0 amide bonds. The Hall–Kier alpha value is -3.32. The summed E-state index contributed by atoms with van der Waals surface area (Å²) in [5.74, 6) is 0.804. The molecule has 2 aromatic heterocycles. The predicted molar refractivity (Wildman–Crippen MR) is 116 cm³/mol. The zero-order chi connectivity index (χ0) is 20.4. The molecule has 0 unspecified atom stereocenters. The first-order chi connectivity index (χ1) is 14.0. The maximum Gasteiger partial charge on any atom is 0.274 e. The van der Waals surface area contributed by atoms with Crippen molar-refractivity contribution in [3.05, 3.63) is 86.3 Å². The van der Waals surface area contributed by atoms with E-state index in [1.807, 2.05) is 56.3 Å². The molecule has 2 heterocycles. The lowest BCUT2D eigenvalue weighted by atomic mass is 10.1. The molecule has 0 radical (unpaired) electrons. The van der Waals surface area contributed by atoms with Crippen LogP contribution in [0, 0.1) is 13.8 Å². The van der Waals surface area contributed by atoms with Crippen molar-refractivity contribution in [1.29, 1.82) is 0 Å². The van der Waals surface area contributed by atoms with Crippen LogP contribution in [0.1, 0.15) is 22.4 Å². The second-order valence-electron chi connectivity index (χ2n) is 6.89. The first kappa shape index (κ1) is 19.0. The summed E-state index contributed by atoms with van der Waals surface area (Å²) in [6, 6.07) is 15.2. The van der Waals surface area contributed by atoms with Crippen LogP contribution >= 0.6 is 11.6 Å². The van der Waals surface area contributed by atoms with E-state index in [1.165, 1.54) is 10.6 Å². The predicted octanol–water partition coefficient (Wildman–Crippen LogP) is 3.91. The van der Waals surface area contributed by atoms with Crippen LogP contribution in [0.5, 0.6) is 0 Å². The van der Waals surface area contributed by atoms with Gasteiger partial charge in [-0.15, -0.1) is 0 Å². The summed E-state index contributed by atoms with van der Waals surface area (Å²) in [6.07, 6.45) is 0.